The summed E-state index contributed by atoms with van der Waals surface area (Å²) >= 11 is 0. The zero-order valence-electron chi connectivity index (χ0n) is 9.05. The third-order valence-corrected chi connectivity index (χ3v) is 2.52. The third-order valence-electron chi connectivity index (χ3n) is 2.52. The van der Waals surface area contributed by atoms with Crippen LogP contribution in [-0.4, -0.2) is 9.55 Å². The molecule has 0 saturated carbocycles. The average molecular weight is 215 g/mol. The van der Waals surface area contributed by atoms with E-state index >= 15 is 0 Å². The predicted molar refractivity (Wildman–Crippen MR) is 63.1 cm³/mol. The summed E-state index contributed by atoms with van der Waals surface area (Å²) in [5, 5.41) is 0. The van der Waals surface area contributed by atoms with E-state index in [0.29, 0.717) is 12.2 Å². The molecule has 0 atom stereocenters. The van der Waals surface area contributed by atoms with Gasteiger partial charge in [0.05, 0.1) is 0 Å². The summed E-state index contributed by atoms with van der Waals surface area (Å²) < 4.78 is 1.64. The number of aromatic nitrogens is 2. The smallest absolute Gasteiger partial charge is 0.250 e. The number of rotatable bonds is 2. The van der Waals surface area contributed by atoms with E-state index in [-0.39, 0.29) is 5.56 Å². The van der Waals surface area contributed by atoms with Gasteiger partial charge >= 0.3 is 0 Å². The van der Waals surface area contributed by atoms with Crippen molar-refractivity contribution in [2.75, 3.05) is 5.73 Å². The van der Waals surface area contributed by atoms with E-state index in [1.54, 1.807) is 29.9 Å². The Kier molecular flexibility index (Phi) is 2.72. The first-order valence-electron chi connectivity index (χ1n) is 5.02. The molecule has 0 aromatic carbocycles. The number of pyridine rings is 2. The summed E-state index contributed by atoms with van der Waals surface area (Å²) in [5.41, 5.74) is 7.61. The molecule has 0 aliphatic carbocycles. The van der Waals surface area contributed by atoms with E-state index in [1.807, 2.05) is 18.2 Å². The van der Waals surface area contributed by atoms with Crippen LogP contribution in [0.1, 0.15) is 11.3 Å². The summed E-state index contributed by atoms with van der Waals surface area (Å²) in [5.74, 6) is 0.499. The maximum absolute atomic E-state index is 11.4. The second-order valence-corrected chi connectivity index (χ2v) is 3.68. The first-order valence-corrected chi connectivity index (χ1v) is 5.02. The third kappa shape index (κ3) is 2.11. The van der Waals surface area contributed by atoms with Crippen molar-refractivity contribution >= 4 is 5.82 Å². The second-order valence-electron chi connectivity index (χ2n) is 3.68. The quantitative estimate of drug-likeness (QED) is 0.811. The lowest BCUT2D eigenvalue weighted by Gasteiger charge is -2.07. The van der Waals surface area contributed by atoms with Crippen molar-refractivity contribution in [3.05, 3.63) is 58.1 Å². The predicted octanol–water partition coefficient (Wildman–Crippen LogP) is 0.953. The molecule has 4 nitrogen and oxygen atoms in total. The van der Waals surface area contributed by atoms with Crippen LogP contribution in [0.2, 0.25) is 0 Å². The zero-order valence-corrected chi connectivity index (χ0v) is 9.05. The average Bonchev–Trinajstić information content (AvgIpc) is 2.25. The van der Waals surface area contributed by atoms with Gasteiger partial charge in [-0.1, -0.05) is 6.07 Å². The van der Waals surface area contributed by atoms with Gasteiger partial charge in [-0.25, -0.2) is 4.98 Å². The molecule has 0 spiro atoms. The van der Waals surface area contributed by atoms with Crippen LogP contribution in [0.5, 0.6) is 0 Å². The van der Waals surface area contributed by atoms with Gasteiger partial charge in [0.25, 0.3) is 0 Å². The SMILES string of the molecule is Cn1c(Cc2ccnc(N)c2)cccc1=O. The Bertz CT molecular complexity index is 560. The van der Waals surface area contributed by atoms with Gasteiger partial charge in [-0.05, 0) is 23.8 Å². The van der Waals surface area contributed by atoms with Crippen LogP contribution in [0.4, 0.5) is 5.82 Å². The first-order chi connectivity index (χ1) is 7.66. The van der Waals surface area contributed by atoms with E-state index in [1.165, 1.54) is 0 Å². The minimum Gasteiger partial charge on any atom is -0.384 e. The standard InChI is InChI=1S/C12H13N3O/c1-15-10(3-2-4-12(15)16)7-9-5-6-14-11(13)8-9/h2-6,8H,7H2,1H3,(H2,13,14). The molecule has 2 rings (SSSR count). The molecule has 0 unspecified atom stereocenters. The summed E-state index contributed by atoms with van der Waals surface area (Å²) in [6.45, 7) is 0. The van der Waals surface area contributed by atoms with Gasteiger partial charge < -0.3 is 10.3 Å². The zero-order chi connectivity index (χ0) is 11.5. The summed E-state index contributed by atoms with van der Waals surface area (Å²) in [7, 11) is 1.77. The Morgan fingerprint density at radius 1 is 1.38 bits per heavy atom. The van der Waals surface area contributed by atoms with E-state index in [0.717, 1.165) is 11.3 Å². The summed E-state index contributed by atoms with van der Waals surface area (Å²) in [4.78, 5) is 15.4. The van der Waals surface area contributed by atoms with Gasteiger partial charge in [0, 0.05) is 31.4 Å². The number of hydrogen-bond acceptors (Lipinski definition) is 3. The summed E-state index contributed by atoms with van der Waals surface area (Å²) in [6, 6.07) is 8.95. The van der Waals surface area contributed by atoms with E-state index in [2.05, 4.69) is 4.98 Å². The molecule has 2 aromatic rings. The molecule has 2 N–H and O–H groups in total. The fourth-order valence-electron chi connectivity index (χ4n) is 1.60. The molecule has 2 heterocycles. The van der Waals surface area contributed by atoms with Crippen molar-refractivity contribution < 1.29 is 0 Å². The minimum absolute atomic E-state index is 0.000437. The lowest BCUT2D eigenvalue weighted by molar-refractivity contribution is 0.792. The van der Waals surface area contributed by atoms with E-state index in [9.17, 15) is 4.79 Å². The van der Waals surface area contributed by atoms with Crippen LogP contribution in [0.25, 0.3) is 0 Å². The van der Waals surface area contributed by atoms with Crippen LogP contribution in [0, 0.1) is 0 Å². The number of nitrogens with zero attached hydrogens (tertiary/aromatic N) is 2. The van der Waals surface area contributed by atoms with Gasteiger partial charge in [-0.3, -0.25) is 4.79 Å². The minimum atomic E-state index is -0.000437. The first kappa shape index (κ1) is 10.4. The molecule has 4 heteroatoms. The fourth-order valence-corrected chi connectivity index (χ4v) is 1.60. The maximum Gasteiger partial charge on any atom is 0.250 e. The van der Waals surface area contributed by atoms with Gasteiger partial charge in [-0.2, -0.15) is 0 Å². The maximum atomic E-state index is 11.4. The van der Waals surface area contributed by atoms with Crippen molar-refractivity contribution in [2.24, 2.45) is 7.05 Å². The van der Waals surface area contributed by atoms with Crippen molar-refractivity contribution in [3.8, 4) is 0 Å². The van der Waals surface area contributed by atoms with Gasteiger partial charge in [-0.15, -0.1) is 0 Å². The van der Waals surface area contributed by atoms with Gasteiger partial charge in [0.15, 0.2) is 0 Å². The second kappa shape index (κ2) is 4.18. The monoisotopic (exact) mass is 215 g/mol. The van der Waals surface area contributed by atoms with Gasteiger partial charge in [0.2, 0.25) is 5.56 Å². The van der Waals surface area contributed by atoms with E-state index in [4.69, 9.17) is 5.73 Å². The molecule has 16 heavy (non-hydrogen) atoms. The Balaban J connectivity index is 2.34. The topological polar surface area (TPSA) is 60.9 Å². The molecule has 0 amide bonds. The lowest BCUT2D eigenvalue weighted by atomic mass is 10.1. The molecule has 0 aliphatic rings. The van der Waals surface area contributed by atoms with E-state index < -0.39 is 0 Å². The lowest BCUT2D eigenvalue weighted by Crippen LogP contribution is -2.18. The molecule has 82 valence electrons. The van der Waals surface area contributed by atoms with Gasteiger partial charge in [0.1, 0.15) is 5.82 Å². The molecule has 0 saturated heterocycles. The number of nitrogens with two attached hydrogens (primary N) is 1. The van der Waals surface area contributed by atoms with Crippen molar-refractivity contribution in [1.82, 2.24) is 9.55 Å². The largest absolute Gasteiger partial charge is 0.384 e. The molecule has 0 fully saturated rings. The Labute approximate surface area is 93.4 Å². The summed E-state index contributed by atoms with van der Waals surface area (Å²) in [6.07, 6.45) is 2.35. The Morgan fingerprint density at radius 3 is 2.94 bits per heavy atom. The van der Waals surface area contributed by atoms with Crippen molar-refractivity contribution in [2.45, 2.75) is 6.42 Å². The molecular weight excluding hydrogens is 202 g/mol. The number of anilines is 1. The number of hydrogen-bond donors (Lipinski definition) is 1. The number of nitrogen functional groups attached to an aromatic ring is 1. The molecular formula is C12H13N3O. The Morgan fingerprint density at radius 2 is 2.19 bits per heavy atom. The molecule has 0 radical (unpaired) electrons. The van der Waals surface area contributed by atoms with Crippen LogP contribution in [0.3, 0.4) is 0 Å². The Hall–Kier alpha value is -2.10. The van der Waals surface area contributed by atoms with Crippen LogP contribution >= 0.6 is 0 Å². The van der Waals surface area contributed by atoms with Crippen LogP contribution < -0.4 is 11.3 Å². The van der Waals surface area contributed by atoms with Crippen LogP contribution in [-0.2, 0) is 13.5 Å². The van der Waals surface area contributed by atoms with Crippen molar-refractivity contribution in [1.29, 1.82) is 0 Å². The molecule has 0 aliphatic heterocycles. The van der Waals surface area contributed by atoms with Crippen LogP contribution in [0.15, 0.2) is 41.3 Å². The van der Waals surface area contributed by atoms with Crippen molar-refractivity contribution in [3.63, 3.8) is 0 Å². The highest BCUT2D eigenvalue weighted by Crippen LogP contribution is 2.08. The molecule has 2 aromatic heterocycles. The highest BCUT2D eigenvalue weighted by Gasteiger charge is 2.01. The highest BCUT2D eigenvalue weighted by atomic mass is 16.1. The normalized spacial score (nSPS) is 10.3. The highest BCUT2D eigenvalue weighted by molar-refractivity contribution is 5.33. The fraction of sp³-hybridized carbons (Fsp3) is 0.167. The molecule has 0 bridgehead atoms.